The Bertz CT molecular complexity index is 259. The van der Waals surface area contributed by atoms with E-state index in [0.717, 1.165) is 5.92 Å². The van der Waals surface area contributed by atoms with Crippen LogP contribution in [-0.2, 0) is 4.79 Å². The molecule has 2 heteroatoms. The maximum absolute atomic E-state index is 8.58. The Morgan fingerprint density at radius 2 is 1.56 bits per heavy atom. The van der Waals surface area contributed by atoms with E-state index in [1.165, 1.54) is 31.2 Å². The van der Waals surface area contributed by atoms with Gasteiger partial charge in [0, 0.05) is 0 Å². The van der Waals surface area contributed by atoms with Crippen LogP contribution < -0.4 is 5.73 Å². The van der Waals surface area contributed by atoms with Crippen molar-refractivity contribution in [2.24, 2.45) is 5.73 Å². The minimum absolute atomic E-state index is 0.250. The zero-order valence-corrected chi connectivity index (χ0v) is 12.4. The molecule has 0 unspecified atom stereocenters. The van der Waals surface area contributed by atoms with Gasteiger partial charge in [-0.25, -0.2) is 0 Å². The lowest BCUT2D eigenvalue weighted by molar-refractivity contribution is -0.106. The molecule has 0 spiro atoms. The van der Waals surface area contributed by atoms with Crippen molar-refractivity contribution in [2.75, 3.05) is 0 Å². The number of benzene rings is 1. The number of amides is 1. The van der Waals surface area contributed by atoms with Crippen molar-refractivity contribution in [1.82, 2.24) is 0 Å². The molecule has 1 atom stereocenters. The number of carbonyl (C=O) groups excluding carboxylic acids is 1. The third-order valence-corrected chi connectivity index (χ3v) is 2.40. The van der Waals surface area contributed by atoms with Crippen LogP contribution in [0, 0.1) is 0 Å². The average Bonchev–Trinajstić information content (AvgIpc) is 2.39. The van der Waals surface area contributed by atoms with Crippen LogP contribution in [0.25, 0.3) is 0 Å². The standard InChI is InChI=1S/C12H18.C3H8.CH3NO/c1-3-8-11(4-2)12-9-6-5-7-10-12;1-3-2;2-1-3/h5-7,9-11H,3-4,8H2,1-2H3;3H2,1-2H3;1H,(H2,2,3)/t11-;;/m1../s1. The molecule has 0 bridgehead atoms. The second-order valence-corrected chi connectivity index (χ2v) is 4.15. The van der Waals surface area contributed by atoms with Crippen LogP contribution in [0.4, 0.5) is 0 Å². The van der Waals surface area contributed by atoms with Gasteiger partial charge in [-0.15, -0.1) is 0 Å². The summed E-state index contributed by atoms with van der Waals surface area (Å²) in [5.41, 5.74) is 5.67. The van der Waals surface area contributed by atoms with Gasteiger partial charge in [0.15, 0.2) is 0 Å². The summed E-state index contributed by atoms with van der Waals surface area (Å²) in [5.74, 6) is 0.774. The van der Waals surface area contributed by atoms with Gasteiger partial charge in [-0.1, -0.05) is 70.9 Å². The molecule has 0 fully saturated rings. The zero-order valence-electron chi connectivity index (χ0n) is 12.4. The maximum atomic E-state index is 8.58. The molecule has 0 aromatic heterocycles. The molecule has 0 heterocycles. The first kappa shape index (κ1) is 19.0. The van der Waals surface area contributed by atoms with E-state index in [1.807, 2.05) is 0 Å². The lowest BCUT2D eigenvalue weighted by atomic mass is 9.92. The van der Waals surface area contributed by atoms with E-state index >= 15 is 0 Å². The highest BCUT2D eigenvalue weighted by atomic mass is 16.1. The van der Waals surface area contributed by atoms with Gasteiger partial charge < -0.3 is 5.73 Å². The Balaban J connectivity index is 0. The summed E-state index contributed by atoms with van der Waals surface area (Å²) in [7, 11) is 0. The van der Waals surface area contributed by atoms with Gasteiger partial charge in [-0.3, -0.25) is 4.79 Å². The van der Waals surface area contributed by atoms with Crippen molar-refractivity contribution < 1.29 is 4.79 Å². The predicted molar refractivity (Wildman–Crippen MR) is 80.6 cm³/mol. The summed E-state index contributed by atoms with van der Waals surface area (Å²) >= 11 is 0. The van der Waals surface area contributed by atoms with E-state index in [9.17, 15) is 0 Å². The highest BCUT2D eigenvalue weighted by Crippen LogP contribution is 2.23. The van der Waals surface area contributed by atoms with Gasteiger partial charge in [0.25, 0.3) is 0 Å². The number of hydrogen-bond acceptors (Lipinski definition) is 1. The molecule has 0 radical (unpaired) electrons. The molecule has 1 aromatic rings. The first-order chi connectivity index (χ1) is 8.71. The van der Waals surface area contributed by atoms with Gasteiger partial charge in [0.2, 0.25) is 6.41 Å². The lowest BCUT2D eigenvalue weighted by Crippen LogP contribution is -1.95. The second-order valence-electron chi connectivity index (χ2n) is 4.15. The number of hydrogen-bond donors (Lipinski definition) is 1. The summed E-state index contributed by atoms with van der Waals surface area (Å²) < 4.78 is 0. The van der Waals surface area contributed by atoms with Crippen molar-refractivity contribution in [3.63, 3.8) is 0 Å². The molecule has 1 rings (SSSR count). The smallest absolute Gasteiger partial charge is 0.204 e. The molecule has 1 amide bonds. The second kappa shape index (κ2) is 15.7. The highest BCUT2D eigenvalue weighted by Gasteiger charge is 2.05. The number of carbonyl (C=O) groups is 1. The van der Waals surface area contributed by atoms with Gasteiger partial charge in [-0.2, -0.15) is 0 Å². The normalized spacial score (nSPS) is 10.2. The third-order valence-electron chi connectivity index (χ3n) is 2.40. The van der Waals surface area contributed by atoms with Crippen LogP contribution in [0.3, 0.4) is 0 Å². The zero-order chi connectivity index (χ0) is 14.2. The van der Waals surface area contributed by atoms with Gasteiger partial charge in [0.1, 0.15) is 0 Å². The Morgan fingerprint density at radius 3 is 1.89 bits per heavy atom. The SMILES string of the molecule is CCC.CCC[C@@H](CC)c1ccccc1.NC=O. The number of rotatable bonds is 4. The maximum Gasteiger partial charge on any atom is 0.204 e. The monoisotopic (exact) mass is 251 g/mol. The molecule has 0 aliphatic rings. The topological polar surface area (TPSA) is 43.1 Å². The third kappa shape index (κ3) is 11.2. The minimum Gasteiger partial charge on any atom is -0.372 e. The van der Waals surface area contributed by atoms with Crippen LogP contribution in [0.5, 0.6) is 0 Å². The summed E-state index contributed by atoms with van der Waals surface area (Å²) in [4.78, 5) is 8.58. The van der Waals surface area contributed by atoms with Gasteiger partial charge >= 0.3 is 0 Å². The van der Waals surface area contributed by atoms with E-state index in [4.69, 9.17) is 4.79 Å². The fraction of sp³-hybridized carbons (Fsp3) is 0.562. The molecule has 18 heavy (non-hydrogen) atoms. The van der Waals surface area contributed by atoms with Crippen molar-refractivity contribution in [2.45, 2.75) is 59.3 Å². The van der Waals surface area contributed by atoms with E-state index in [0.29, 0.717) is 0 Å². The van der Waals surface area contributed by atoms with Crippen LogP contribution in [0.1, 0.15) is 64.9 Å². The lowest BCUT2D eigenvalue weighted by Gasteiger charge is -2.13. The van der Waals surface area contributed by atoms with Gasteiger partial charge in [-0.05, 0) is 24.3 Å². The fourth-order valence-electron chi connectivity index (χ4n) is 1.68. The van der Waals surface area contributed by atoms with Gasteiger partial charge in [0.05, 0.1) is 0 Å². The number of primary amides is 1. The molecule has 2 nitrogen and oxygen atoms in total. The fourth-order valence-corrected chi connectivity index (χ4v) is 1.68. The molecule has 1 aromatic carbocycles. The largest absolute Gasteiger partial charge is 0.372 e. The number of nitrogens with two attached hydrogens (primary N) is 1. The highest BCUT2D eigenvalue weighted by molar-refractivity contribution is 5.42. The van der Waals surface area contributed by atoms with Crippen LogP contribution in [0.2, 0.25) is 0 Å². The molecular weight excluding hydrogens is 222 g/mol. The van der Waals surface area contributed by atoms with Crippen LogP contribution >= 0.6 is 0 Å². The molecule has 0 aliphatic carbocycles. The molecule has 2 N–H and O–H groups in total. The summed E-state index contributed by atoms with van der Waals surface area (Å²) in [6, 6.07) is 10.8. The molecule has 0 saturated carbocycles. The van der Waals surface area contributed by atoms with Crippen molar-refractivity contribution in [1.29, 1.82) is 0 Å². The average molecular weight is 251 g/mol. The Kier molecular flexibility index (Phi) is 16.6. The van der Waals surface area contributed by atoms with Crippen molar-refractivity contribution in [3.8, 4) is 0 Å². The van der Waals surface area contributed by atoms with Crippen molar-refractivity contribution >= 4 is 6.41 Å². The van der Waals surface area contributed by atoms with Crippen LogP contribution in [-0.4, -0.2) is 6.41 Å². The molecular formula is C16H29NO. The summed E-state index contributed by atoms with van der Waals surface area (Å²) in [5, 5.41) is 0. The van der Waals surface area contributed by atoms with E-state index in [1.54, 1.807) is 0 Å². The molecule has 0 aliphatic heterocycles. The summed E-state index contributed by atoms with van der Waals surface area (Å²) in [6.45, 7) is 8.78. The van der Waals surface area contributed by atoms with E-state index in [-0.39, 0.29) is 6.41 Å². The van der Waals surface area contributed by atoms with Crippen molar-refractivity contribution in [3.05, 3.63) is 35.9 Å². The van der Waals surface area contributed by atoms with E-state index in [2.05, 4.69) is 63.8 Å². The Labute approximate surface area is 113 Å². The Hall–Kier alpha value is -1.31. The quantitative estimate of drug-likeness (QED) is 0.787. The first-order valence-electron chi connectivity index (χ1n) is 6.91. The predicted octanol–water partition coefficient (Wildman–Crippen LogP) is 4.50. The molecule has 0 saturated heterocycles. The minimum atomic E-state index is 0.250. The van der Waals surface area contributed by atoms with Crippen LogP contribution in [0.15, 0.2) is 30.3 Å². The summed E-state index contributed by atoms with van der Waals surface area (Å²) in [6.07, 6.45) is 5.37. The first-order valence-corrected chi connectivity index (χ1v) is 6.91. The Morgan fingerprint density at radius 1 is 1.11 bits per heavy atom. The van der Waals surface area contributed by atoms with E-state index < -0.39 is 0 Å². The molecule has 104 valence electrons.